The Balaban J connectivity index is 1.83. The molecular formula is C19H22N2O2. The summed E-state index contributed by atoms with van der Waals surface area (Å²) in [5, 5.41) is 4.08. The summed E-state index contributed by atoms with van der Waals surface area (Å²) in [6.45, 7) is 6.06. The molecule has 1 amide bonds. The second-order valence-corrected chi connectivity index (χ2v) is 5.61. The smallest absolute Gasteiger partial charge is 0.277 e. The topological polar surface area (TPSA) is 50.7 Å². The number of ether oxygens (including phenoxy) is 1. The van der Waals surface area contributed by atoms with Crippen LogP contribution in [0.25, 0.3) is 0 Å². The largest absolute Gasteiger partial charge is 0.484 e. The van der Waals surface area contributed by atoms with Gasteiger partial charge in [0.25, 0.3) is 5.91 Å². The van der Waals surface area contributed by atoms with Crippen molar-refractivity contribution in [2.45, 2.75) is 26.7 Å². The molecule has 4 nitrogen and oxygen atoms in total. The van der Waals surface area contributed by atoms with E-state index in [9.17, 15) is 4.79 Å². The van der Waals surface area contributed by atoms with Crippen molar-refractivity contribution < 1.29 is 9.53 Å². The minimum atomic E-state index is -0.284. The number of amides is 1. The van der Waals surface area contributed by atoms with Gasteiger partial charge in [-0.25, -0.2) is 5.43 Å². The average Bonchev–Trinajstić information content (AvgIpc) is 2.59. The molecule has 1 N–H and O–H groups in total. The highest BCUT2D eigenvalue weighted by Gasteiger charge is 2.04. The summed E-state index contributed by atoms with van der Waals surface area (Å²) >= 11 is 0. The fourth-order valence-corrected chi connectivity index (χ4v) is 2.02. The first-order valence-electron chi connectivity index (χ1n) is 7.67. The van der Waals surface area contributed by atoms with Crippen LogP contribution >= 0.6 is 0 Å². The van der Waals surface area contributed by atoms with Crippen molar-refractivity contribution in [2.24, 2.45) is 5.10 Å². The van der Waals surface area contributed by atoms with Crippen molar-refractivity contribution in [1.82, 2.24) is 5.43 Å². The van der Waals surface area contributed by atoms with Gasteiger partial charge in [0.05, 0.1) is 5.71 Å². The van der Waals surface area contributed by atoms with Crippen LogP contribution in [0, 0.1) is 0 Å². The summed E-state index contributed by atoms with van der Waals surface area (Å²) in [5.74, 6) is 0.865. The Hall–Kier alpha value is -2.62. The van der Waals surface area contributed by atoms with Gasteiger partial charge in [0.1, 0.15) is 5.75 Å². The SMILES string of the molecule is C/C(=N\NC(=O)COc1ccc(C(C)C)cc1)c1ccccc1. The van der Waals surface area contributed by atoms with E-state index in [2.05, 4.69) is 24.4 Å². The summed E-state index contributed by atoms with van der Waals surface area (Å²) in [4.78, 5) is 11.8. The number of carbonyl (C=O) groups excluding carboxylic acids is 1. The van der Waals surface area contributed by atoms with Crippen molar-refractivity contribution in [3.05, 3.63) is 65.7 Å². The first-order chi connectivity index (χ1) is 11.1. The molecule has 0 saturated carbocycles. The molecule has 0 spiro atoms. The van der Waals surface area contributed by atoms with Crippen LogP contribution in [0.3, 0.4) is 0 Å². The summed E-state index contributed by atoms with van der Waals surface area (Å²) in [6.07, 6.45) is 0. The van der Waals surface area contributed by atoms with Crippen molar-refractivity contribution in [3.63, 3.8) is 0 Å². The second kappa shape index (κ2) is 8.13. The van der Waals surface area contributed by atoms with Crippen molar-refractivity contribution >= 4 is 11.6 Å². The zero-order chi connectivity index (χ0) is 16.7. The Morgan fingerprint density at radius 3 is 2.35 bits per heavy atom. The predicted molar refractivity (Wildman–Crippen MR) is 92.8 cm³/mol. The van der Waals surface area contributed by atoms with E-state index in [0.717, 1.165) is 11.3 Å². The van der Waals surface area contributed by atoms with E-state index in [0.29, 0.717) is 11.7 Å². The summed E-state index contributed by atoms with van der Waals surface area (Å²) in [5.41, 5.74) is 5.47. The van der Waals surface area contributed by atoms with Gasteiger partial charge in [-0.05, 0) is 36.1 Å². The number of rotatable bonds is 6. The van der Waals surface area contributed by atoms with E-state index in [1.165, 1.54) is 5.56 Å². The monoisotopic (exact) mass is 310 g/mol. The number of hydrogen-bond donors (Lipinski definition) is 1. The van der Waals surface area contributed by atoms with Crippen molar-refractivity contribution in [3.8, 4) is 5.75 Å². The number of nitrogens with zero attached hydrogens (tertiary/aromatic N) is 1. The number of carbonyl (C=O) groups is 1. The van der Waals surface area contributed by atoms with E-state index < -0.39 is 0 Å². The van der Waals surface area contributed by atoms with Crippen LogP contribution in [0.4, 0.5) is 0 Å². The van der Waals surface area contributed by atoms with Crippen LogP contribution in [0.2, 0.25) is 0 Å². The third kappa shape index (κ3) is 5.25. The average molecular weight is 310 g/mol. The highest BCUT2D eigenvalue weighted by molar-refractivity contribution is 5.99. The summed E-state index contributed by atoms with van der Waals surface area (Å²) in [6, 6.07) is 17.5. The van der Waals surface area contributed by atoms with Crippen LogP contribution in [-0.4, -0.2) is 18.2 Å². The van der Waals surface area contributed by atoms with Crippen molar-refractivity contribution in [2.75, 3.05) is 6.61 Å². The van der Waals surface area contributed by atoms with Crippen LogP contribution in [0.1, 0.15) is 37.8 Å². The first-order valence-corrected chi connectivity index (χ1v) is 7.67. The van der Waals surface area contributed by atoms with Crippen LogP contribution < -0.4 is 10.2 Å². The molecule has 23 heavy (non-hydrogen) atoms. The Morgan fingerprint density at radius 1 is 1.09 bits per heavy atom. The molecule has 2 aromatic carbocycles. The molecule has 0 aliphatic rings. The maximum atomic E-state index is 11.8. The van der Waals surface area contributed by atoms with Gasteiger partial charge in [-0.1, -0.05) is 56.3 Å². The number of benzene rings is 2. The van der Waals surface area contributed by atoms with Gasteiger partial charge in [-0.2, -0.15) is 5.10 Å². The molecule has 4 heteroatoms. The molecule has 0 heterocycles. The molecule has 2 rings (SSSR count). The van der Waals surface area contributed by atoms with E-state index in [1.54, 1.807) is 0 Å². The van der Waals surface area contributed by atoms with E-state index in [1.807, 2.05) is 61.5 Å². The molecule has 0 unspecified atom stereocenters. The van der Waals surface area contributed by atoms with Gasteiger partial charge in [0.15, 0.2) is 6.61 Å². The van der Waals surface area contributed by atoms with Gasteiger partial charge in [0, 0.05) is 0 Å². The predicted octanol–water partition coefficient (Wildman–Crippen LogP) is 3.73. The van der Waals surface area contributed by atoms with Crippen molar-refractivity contribution in [1.29, 1.82) is 0 Å². The number of nitrogens with one attached hydrogen (secondary N) is 1. The summed E-state index contributed by atoms with van der Waals surface area (Å²) < 4.78 is 5.46. The lowest BCUT2D eigenvalue weighted by atomic mass is 10.0. The Morgan fingerprint density at radius 2 is 1.74 bits per heavy atom. The molecule has 0 radical (unpaired) electrons. The quantitative estimate of drug-likeness (QED) is 0.653. The molecule has 0 atom stereocenters. The standard InChI is InChI=1S/C19H22N2O2/c1-14(2)16-9-11-18(12-10-16)23-13-19(22)21-20-15(3)17-7-5-4-6-8-17/h4-12,14H,13H2,1-3H3,(H,21,22)/b20-15+. The zero-order valence-electron chi connectivity index (χ0n) is 13.7. The van der Waals surface area contributed by atoms with Gasteiger partial charge >= 0.3 is 0 Å². The third-order valence-electron chi connectivity index (χ3n) is 3.46. The summed E-state index contributed by atoms with van der Waals surface area (Å²) in [7, 11) is 0. The van der Waals surface area contributed by atoms with E-state index in [-0.39, 0.29) is 12.5 Å². The Kier molecular flexibility index (Phi) is 5.92. The molecule has 0 bridgehead atoms. The van der Waals surface area contributed by atoms with Gasteiger partial charge < -0.3 is 4.74 Å². The molecule has 0 saturated heterocycles. The number of hydrogen-bond acceptors (Lipinski definition) is 3. The minimum absolute atomic E-state index is 0.0629. The zero-order valence-corrected chi connectivity index (χ0v) is 13.7. The van der Waals surface area contributed by atoms with Gasteiger partial charge in [-0.3, -0.25) is 4.79 Å². The Labute approximate surface area is 137 Å². The molecular weight excluding hydrogens is 288 g/mol. The van der Waals surface area contributed by atoms with Gasteiger partial charge in [0.2, 0.25) is 0 Å². The molecule has 0 aliphatic heterocycles. The second-order valence-electron chi connectivity index (χ2n) is 5.61. The Bertz CT molecular complexity index is 662. The van der Waals surface area contributed by atoms with Crippen LogP contribution in [0.5, 0.6) is 5.75 Å². The maximum Gasteiger partial charge on any atom is 0.277 e. The lowest BCUT2D eigenvalue weighted by Crippen LogP contribution is -2.25. The van der Waals surface area contributed by atoms with Crippen LogP contribution in [0.15, 0.2) is 59.7 Å². The fraction of sp³-hybridized carbons (Fsp3) is 0.263. The molecule has 0 aromatic heterocycles. The molecule has 0 aliphatic carbocycles. The minimum Gasteiger partial charge on any atom is -0.484 e. The highest BCUT2D eigenvalue weighted by atomic mass is 16.5. The molecule has 120 valence electrons. The number of hydrazone groups is 1. The fourth-order valence-electron chi connectivity index (χ4n) is 2.02. The third-order valence-corrected chi connectivity index (χ3v) is 3.46. The first kappa shape index (κ1) is 16.7. The van der Waals surface area contributed by atoms with Crippen LogP contribution in [-0.2, 0) is 4.79 Å². The molecule has 2 aromatic rings. The van der Waals surface area contributed by atoms with E-state index >= 15 is 0 Å². The molecule has 0 fully saturated rings. The van der Waals surface area contributed by atoms with Gasteiger partial charge in [-0.15, -0.1) is 0 Å². The van der Waals surface area contributed by atoms with E-state index in [4.69, 9.17) is 4.74 Å². The lowest BCUT2D eigenvalue weighted by Gasteiger charge is -2.08. The lowest BCUT2D eigenvalue weighted by molar-refractivity contribution is -0.123. The maximum absolute atomic E-state index is 11.8. The normalized spacial score (nSPS) is 11.4. The highest BCUT2D eigenvalue weighted by Crippen LogP contribution is 2.18.